The molecule has 0 unspecified atom stereocenters. The van der Waals surface area contributed by atoms with Gasteiger partial charge in [0.25, 0.3) is 11.8 Å². The molecule has 0 spiro atoms. The summed E-state index contributed by atoms with van der Waals surface area (Å²) in [5, 5.41) is 5.65. The normalized spacial score (nSPS) is 17.3. The van der Waals surface area contributed by atoms with E-state index in [0.717, 1.165) is 6.54 Å². The Bertz CT molecular complexity index is 1630. The van der Waals surface area contributed by atoms with E-state index in [0.29, 0.717) is 79.1 Å². The first-order valence-electron chi connectivity index (χ1n) is 16.3. The molecule has 2 aliphatic heterocycles. The van der Waals surface area contributed by atoms with Gasteiger partial charge in [0.2, 0.25) is 11.8 Å². The second-order valence-electron chi connectivity index (χ2n) is 13.1. The predicted octanol–water partition coefficient (Wildman–Crippen LogP) is 4.28. The van der Waals surface area contributed by atoms with E-state index in [9.17, 15) is 14.4 Å². The maximum Gasteiger partial charge on any atom is 0.323 e. The summed E-state index contributed by atoms with van der Waals surface area (Å²) in [7, 11) is 5.70. The van der Waals surface area contributed by atoms with E-state index in [1.165, 1.54) is 0 Å². The Morgan fingerprint density at radius 3 is 2.23 bits per heavy atom. The van der Waals surface area contributed by atoms with Gasteiger partial charge in [0, 0.05) is 55.7 Å². The maximum atomic E-state index is 13.9. The zero-order valence-corrected chi connectivity index (χ0v) is 28.9. The largest absolute Gasteiger partial charge is 0.469 e. The lowest BCUT2D eigenvalue weighted by atomic mass is 10.0. The van der Waals surface area contributed by atoms with E-state index in [-0.39, 0.29) is 23.7 Å². The lowest BCUT2D eigenvalue weighted by molar-refractivity contribution is 0.0541. The van der Waals surface area contributed by atoms with Crippen molar-refractivity contribution in [3.63, 3.8) is 0 Å². The molecule has 256 valence electrons. The zero-order valence-electron chi connectivity index (χ0n) is 28.9. The molecular weight excluding hydrogens is 612 g/mol. The molecule has 0 radical (unpaired) electrons. The average Bonchev–Trinajstić information content (AvgIpc) is 3.15. The molecular formula is C35H46N8O5. The number of nitrogens with zero attached hydrogens (tertiary/aromatic N) is 6. The number of hydrogen-bond donors (Lipinski definition) is 2. The number of anilines is 3. The van der Waals surface area contributed by atoms with Crippen LogP contribution in [0.4, 0.5) is 22.1 Å². The van der Waals surface area contributed by atoms with Gasteiger partial charge < -0.3 is 39.7 Å². The van der Waals surface area contributed by atoms with Gasteiger partial charge in [0.1, 0.15) is 11.2 Å². The Balaban J connectivity index is 1.35. The molecule has 3 aromatic rings. The van der Waals surface area contributed by atoms with Crippen LogP contribution in [-0.2, 0) is 4.74 Å². The minimum absolute atomic E-state index is 0.0440. The van der Waals surface area contributed by atoms with Crippen LogP contribution in [0.1, 0.15) is 48.4 Å². The number of fused-ring (bicyclic) bond motifs is 1. The summed E-state index contributed by atoms with van der Waals surface area (Å²) in [6.45, 7) is 11.9. The molecule has 2 aliphatic rings. The van der Waals surface area contributed by atoms with E-state index in [2.05, 4.69) is 15.5 Å². The standard InChI is InChI=1S/C35H46N8O5/c1-8-42-22-35(3,4)48-30-28(32(42)45)29(38-33(39-30)43-19-20-47-21-23(43)2)24-9-13-26(14-10-24)36-34(46)37-27-15-11-25(12-16-27)31(44)41(7)18-17-40(5)6/h9-16,23H,8,17-22H2,1-7H3,(H2,36,37,46)/t23-/m0/s1. The topological polar surface area (TPSA) is 132 Å². The highest BCUT2D eigenvalue weighted by Gasteiger charge is 2.38. The van der Waals surface area contributed by atoms with E-state index in [4.69, 9.17) is 19.4 Å². The molecule has 4 amide bonds. The second-order valence-corrected chi connectivity index (χ2v) is 13.1. The van der Waals surface area contributed by atoms with Gasteiger partial charge in [-0.05, 0) is 78.2 Å². The van der Waals surface area contributed by atoms with Crippen molar-refractivity contribution in [1.29, 1.82) is 0 Å². The summed E-state index contributed by atoms with van der Waals surface area (Å²) in [6.07, 6.45) is 0. The monoisotopic (exact) mass is 658 g/mol. The third-order valence-electron chi connectivity index (χ3n) is 8.35. The van der Waals surface area contributed by atoms with Crippen LogP contribution in [0.5, 0.6) is 5.88 Å². The van der Waals surface area contributed by atoms with Crippen LogP contribution in [0.15, 0.2) is 48.5 Å². The Kier molecular flexibility index (Phi) is 10.5. The molecule has 0 saturated carbocycles. The molecule has 1 atom stereocenters. The quantitative estimate of drug-likeness (QED) is 0.346. The van der Waals surface area contributed by atoms with Crippen molar-refractivity contribution in [2.45, 2.75) is 39.3 Å². The molecule has 2 aromatic carbocycles. The Morgan fingerprint density at radius 2 is 1.62 bits per heavy atom. The van der Waals surface area contributed by atoms with Crippen LogP contribution in [-0.4, -0.2) is 121 Å². The number of carbonyl (C=O) groups excluding carboxylic acids is 3. The molecule has 0 bridgehead atoms. The average molecular weight is 659 g/mol. The number of ether oxygens (including phenoxy) is 2. The van der Waals surface area contributed by atoms with Crippen molar-refractivity contribution >= 4 is 35.2 Å². The number of rotatable bonds is 9. The highest BCUT2D eigenvalue weighted by molar-refractivity contribution is 6.03. The van der Waals surface area contributed by atoms with Crippen molar-refractivity contribution in [2.75, 3.05) is 82.6 Å². The number of amides is 4. The Labute approximate surface area is 282 Å². The Morgan fingerprint density at radius 1 is 0.979 bits per heavy atom. The van der Waals surface area contributed by atoms with Crippen LogP contribution >= 0.6 is 0 Å². The number of benzene rings is 2. The molecule has 1 fully saturated rings. The number of morpholine rings is 1. The summed E-state index contributed by atoms with van der Waals surface area (Å²) >= 11 is 0. The molecule has 0 aliphatic carbocycles. The van der Waals surface area contributed by atoms with Gasteiger partial charge in [-0.25, -0.2) is 9.78 Å². The molecule has 1 saturated heterocycles. The third-order valence-corrected chi connectivity index (χ3v) is 8.35. The molecule has 2 N–H and O–H groups in total. The summed E-state index contributed by atoms with van der Waals surface area (Å²) in [5.74, 6) is 0.459. The van der Waals surface area contributed by atoms with Crippen molar-refractivity contribution in [3.8, 4) is 17.1 Å². The van der Waals surface area contributed by atoms with Crippen LogP contribution in [0.2, 0.25) is 0 Å². The van der Waals surface area contributed by atoms with Gasteiger partial charge in [-0.1, -0.05) is 12.1 Å². The minimum Gasteiger partial charge on any atom is -0.469 e. The number of nitrogens with one attached hydrogen (secondary N) is 2. The van der Waals surface area contributed by atoms with Gasteiger partial charge in [-0.3, -0.25) is 9.59 Å². The fourth-order valence-corrected chi connectivity index (χ4v) is 5.67. The smallest absolute Gasteiger partial charge is 0.323 e. The first-order valence-corrected chi connectivity index (χ1v) is 16.3. The van der Waals surface area contributed by atoms with E-state index in [1.54, 1.807) is 53.2 Å². The second kappa shape index (κ2) is 14.6. The first-order chi connectivity index (χ1) is 22.8. The third kappa shape index (κ3) is 8.03. The SMILES string of the molecule is CCN1CC(C)(C)Oc2nc(N3CCOC[C@@H]3C)nc(-c3ccc(NC(=O)Nc4ccc(C(=O)N(C)CCN(C)C)cc4)cc3)c2C1=O. The van der Waals surface area contributed by atoms with Crippen LogP contribution in [0.25, 0.3) is 11.3 Å². The Hall–Kier alpha value is -4.75. The lowest BCUT2D eigenvalue weighted by Crippen LogP contribution is -2.44. The highest BCUT2D eigenvalue weighted by atomic mass is 16.5. The predicted molar refractivity (Wildman–Crippen MR) is 186 cm³/mol. The highest BCUT2D eigenvalue weighted by Crippen LogP contribution is 2.36. The molecule has 3 heterocycles. The van der Waals surface area contributed by atoms with Crippen molar-refractivity contribution in [2.24, 2.45) is 0 Å². The number of urea groups is 1. The van der Waals surface area contributed by atoms with E-state index >= 15 is 0 Å². The molecule has 48 heavy (non-hydrogen) atoms. The molecule has 5 rings (SSSR count). The summed E-state index contributed by atoms with van der Waals surface area (Å²) in [6, 6.07) is 13.5. The van der Waals surface area contributed by atoms with Gasteiger partial charge in [0.05, 0.1) is 31.5 Å². The molecule has 13 heteroatoms. The van der Waals surface area contributed by atoms with Crippen LogP contribution in [0, 0.1) is 0 Å². The zero-order chi connectivity index (χ0) is 34.6. The van der Waals surface area contributed by atoms with Gasteiger partial charge in [-0.15, -0.1) is 0 Å². The van der Waals surface area contributed by atoms with E-state index in [1.807, 2.05) is 58.8 Å². The maximum absolute atomic E-state index is 13.9. The summed E-state index contributed by atoms with van der Waals surface area (Å²) < 4.78 is 12.0. The van der Waals surface area contributed by atoms with Crippen molar-refractivity contribution in [3.05, 3.63) is 59.7 Å². The summed E-state index contributed by atoms with van der Waals surface area (Å²) in [4.78, 5) is 56.7. The molecule has 1 aromatic heterocycles. The first kappa shape index (κ1) is 34.6. The fraction of sp³-hybridized carbons (Fsp3) is 0.457. The fourth-order valence-electron chi connectivity index (χ4n) is 5.67. The van der Waals surface area contributed by atoms with Gasteiger partial charge in [0.15, 0.2) is 0 Å². The molecule has 13 nitrogen and oxygen atoms in total. The van der Waals surface area contributed by atoms with Crippen molar-refractivity contribution in [1.82, 2.24) is 24.7 Å². The summed E-state index contributed by atoms with van der Waals surface area (Å²) in [5.41, 5.74) is 2.45. The van der Waals surface area contributed by atoms with Gasteiger partial charge >= 0.3 is 6.03 Å². The minimum atomic E-state index is -0.657. The van der Waals surface area contributed by atoms with Crippen molar-refractivity contribution < 1.29 is 23.9 Å². The number of likely N-dealkylation sites (N-methyl/N-ethyl adjacent to an activating group) is 3. The van der Waals surface area contributed by atoms with Gasteiger partial charge in [-0.2, -0.15) is 4.98 Å². The lowest BCUT2D eigenvalue weighted by Gasteiger charge is -2.34. The van der Waals surface area contributed by atoms with Crippen LogP contribution in [0.3, 0.4) is 0 Å². The number of hydrogen-bond acceptors (Lipinski definition) is 9. The van der Waals surface area contributed by atoms with Crippen LogP contribution < -0.4 is 20.3 Å². The number of carbonyl (C=O) groups is 3. The number of aromatic nitrogens is 2. The van der Waals surface area contributed by atoms with E-state index < -0.39 is 11.6 Å².